The molecule has 0 saturated carbocycles. The lowest BCUT2D eigenvalue weighted by molar-refractivity contribution is -0.117. The summed E-state index contributed by atoms with van der Waals surface area (Å²) in [5.41, 5.74) is -0.109. The van der Waals surface area contributed by atoms with E-state index in [0.717, 1.165) is 4.90 Å². The molecular weight excluding hydrogens is 340 g/mol. The molecule has 19 heavy (non-hydrogen) atoms. The second kappa shape index (κ2) is 5.09. The number of benzene rings is 1. The summed E-state index contributed by atoms with van der Waals surface area (Å²) >= 11 is 11.3. The Kier molecular flexibility index (Phi) is 3.97. The molecule has 1 aromatic carbocycles. The summed E-state index contributed by atoms with van der Waals surface area (Å²) in [5.74, 6) is -1.40. The molecule has 9 heteroatoms. The van der Waals surface area contributed by atoms with Gasteiger partial charge in [0, 0.05) is 23.6 Å². The van der Waals surface area contributed by atoms with Crippen molar-refractivity contribution in [2.24, 2.45) is 0 Å². The highest BCUT2D eigenvalue weighted by Crippen LogP contribution is 2.35. The van der Waals surface area contributed by atoms with Gasteiger partial charge in [0.1, 0.15) is 5.25 Å². The maximum Gasteiger partial charge on any atom is 0.237 e. The van der Waals surface area contributed by atoms with E-state index in [2.05, 4.69) is 0 Å². The van der Waals surface area contributed by atoms with Crippen LogP contribution >= 0.6 is 33.9 Å². The highest BCUT2D eigenvalue weighted by molar-refractivity contribution is 8.14. The van der Waals surface area contributed by atoms with Crippen LogP contribution in [0.3, 0.4) is 0 Å². The molecule has 0 N–H and O–H groups in total. The zero-order chi connectivity index (χ0) is 14.4. The second-order valence-electron chi connectivity index (χ2n) is 4.00. The number of carbonyl (C=O) groups excluding carboxylic acids is 1. The van der Waals surface area contributed by atoms with Gasteiger partial charge in [0.05, 0.1) is 15.7 Å². The van der Waals surface area contributed by atoms with Gasteiger partial charge < -0.3 is 4.90 Å². The first-order valence-corrected chi connectivity index (χ1v) is 8.22. The van der Waals surface area contributed by atoms with Gasteiger partial charge in [-0.2, -0.15) is 0 Å². The zero-order valence-electron chi connectivity index (χ0n) is 9.24. The van der Waals surface area contributed by atoms with E-state index in [9.17, 15) is 17.6 Å². The topological polar surface area (TPSA) is 54.5 Å². The molecule has 2 rings (SSSR count). The highest BCUT2D eigenvalue weighted by Gasteiger charge is 2.39. The summed E-state index contributed by atoms with van der Waals surface area (Å²) in [4.78, 5) is 12.7. The fraction of sp³-hybridized carbons (Fsp3) is 0.300. The molecule has 1 fully saturated rings. The molecule has 1 saturated heterocycles. The van der Waals surface area contributed by atoms with Crippen LogP contribution in [-0.4, -0.2) is 26.1 Å². The van der Waals surface area contributed by atoms with E-state index in [0.29, 0.717) is 0 Å². The minimum atomic E-state index is -3.88. The highest BCUT2D eigenvalue weighted by atomic mass is 35.7. The number of halogens is 4. The number of carbonyl (C=O) groups is 1. The van der Waals surface area contributed by atoms with Crippen molar-refractivity contribution in [3.05, 3.63) is 28.0 Å². The number of hydrogen-bond donors (Lipinski definition) is 0. The van der Waals surface area contributed by atoms with E-state index in [1.54, 1.807) is 0 Å². The van der Waals surface area contributed by atoms with Crippen molar-refractivity contribution in [3.63, 3.8) is 0 Å². The van der Waals surface area contributed by atoms with Crippen molar-refractivity contribution in [1.82, 2.24) is 0 Å². The maximum absolute atomic E-state index is 13.9. The molecule has 0 radical (unpaired) electrons. The third kappa shape index (κ3) is 2.81. The normalized spacial score (nSPS) is 20.1. The quantitative estimate of drug-likeness (QED) is 0.611. The van der Waals surface area contributed by atoms with Gasteiger partial charge in [-0.1, -0.05) is 23.2 Å². The molecule has 1 atom stereocenters. The van der Waals surface area contributed by atoms with Crippen molar-refractivity contribution >= 4 is 54.5 Å². The molecule has 0 bridgehead atoms. The fourth-order valence-corrected chi connectivity index (χ4v) is 3.15. The van der Waals surface area contributed by atoms with Crippen molar-refractivity contribution < 1.29 is 17.6 Å². The second-order valence-corrected chi connectivity index (χ2v) is 7.69. The molecule has 0 aliphatic carbocycles. The van der Waals surface area contributed by atoms with E-state index < -0.39 is 26.0 Å². The predicted octanol–water partition coefficient (Wildman–Crippen LogP) is 2.81. The van der Waals surface area contributed by atoms with Crippen LogP contribution in [0.25, 0.3) is 0 Å². The van der Waals surface area contributed by atoms with E-state index in [4.69, 9.17) is 33.9 Å². The van der Waals surface area contributed by atoms with Gasteiger partial charge in [0.25, 0.3) is 0 Å². The fourth-order valence-electron chi connectivity index (χ4n) is 1.82. The maximum atomic E-state index is 13.9. The summed E-state index contributed by atoms with van der Waals surface area (Å²) in [7, 11) is 1.33. The standard InChI is InChI=1S/C10H7Cl3FNO3S/c11-6-1-2-7(10(14)9(6)12)15-4-5(3-8(15)16)19(13,17)18/h1-2,5H,3-4H2. The van der Waals surface area contributed by atoms with Crippen LogP contribution < -0.4 is 4.90 Å². The molecule has 1 aromatic rings. The number of anilines is 1. The molecule has 1 amide bonds. The zero-order valence-corrected chi connectivity index (χ0v) is 12.3. The third-order valence-electron chi connectivity index (χ3n) is 2.79. The van der Waals surface area contributed by atoms with E-state index in [-0.39, 0.29) is 28.7 Å². The Morgan fingerprint density at radius 1 is 1.32 bits per heavy atom. The van der Waals surface area contributed by atoms with Gasteiger partial charge >= 0.3 is 0 Å². The minimum absolute atomic E-state index is 0.0103. The first kappa shape index (κ1) is 14.8. The van der Waals surface area contributed by atoms with Crippen molar-refractivity contribution in [3.8, 4) is 0 Å². The Hall–Kier alpha value is -0.560. The molecule has 1 aliphatic rings. The Morgan fingerprint density at radius 2 is 1.95 bits per heavy atom. The van der Waals surface area contributed by atoms with Gasteiger partial charge in [-0.25, -0.2) is 12.8 Å². The van der Waals surface area contributed by atoms with Gasteiger partial charge in [0.2, 0.25) is 15.0 Å². The molecule has 0 spiro atoms. The Morgan fingerprint density at radius 3 is 2.47 bits per heavy atom. The smallest absolute Gasteiger partial charge is 0.237 e. The summed E-state index contributed by atoms with van der Waals surface area (Å²) in [6.45, 7) is -0.209. The number of amides is 1. The first-order chi connectivity index (χ1) is 8.71. The summed E-state index contributed by atoms with van der Waals surface area (Å²) in [5, 5.41) is -1.37. The summed E-state index contributed by atoms with van der Waals surface area (Å²) in [6, 6.07) is 2.60. The largest absolute Gasteiger partial charge is 0.308 e. The molecule has 1 aliphatic heterocycles. The molecule has 4 nitrogen and oxygen atoms in total. The lowest BCUT2D eigenvalue weighted by Crippen LogP contribution is -2.27. The predicted molar refractivity (Wildman–Crippen MR) is 72.0 cm³/mol. The average Bonchev–Trinajstić information content (AvgIpc) is 2.68. The van der Waals surface area contributed by atoms with Gasteiger partial charge in [-0.3, -0.25) is 4.79 Å². The average molecular weight is 347 g/mol. The monoisotopic (exact) mass is 345 g/mol. The Bertz CT molecular complexity index is 650. The lowest BCUT2D eigenvalue weighted by Gasteiger charge is -2.17. The first-order valence-electron chi connectivity index (χ1n) is 5.09. The van der Waals surface area contributed by atoms with E-state index >= 15 is 0 Å². The van der Waals surface area contributed by atoms with Gasteiger partial charge in [0.15, 0.2) is 5.82 Å². The molecule has 1 heterocycles. The number of nitrogens with zero attached hydrogens (tertiary/aromatic N) is 1. The van der Waals surface area contributed by atoms with Crippen LogP contribution in [0.1, 0.15) is 6.42 Å². The third-order valence-corrected chi connectivity index (χ3v) is 5.44. The van der Waals surface area contributed by atoms with Gasteiger partial charge in [-0.15, -0.1) is 0 Å². The van der Waals surface area contributed by atoms with Crippen LogP contribution in [0.4, 0.5) is 10.1 Å². The Labute approximate surface area is 123 Å². The lowest BCUT2D eigenvalue weighted by atomic mass is 10.3. The number of rotatable bonds is 2. The molecule has 1 unspecified atom stereocenters. The van der Waals surface area contributed by atoms with Crippen LogP contribution in [-0.2, 0) is 13.8 Å². The molecular formula is C10H7Cl3FNO3S. The summed E-state index contributed by atoms with van der Waals surface area (Å²) in [6.07, 6.45) is -0.286. The van der Waals surface area contributed by atoms with Crippen molar-refractivity contribution in [2.75, 3.05) is 11.4 Å². The van der Waals surface area contributed by atoms with E-state index in [1.165, 1.54) is 12.1 Å². The van der Waals surface area contributed by atoms with Crippen LogP contribution in [0.5, 0.6) is 0 Å². The molecule has 104 valence electrons. The van der Waals surface area contributed by atoms with E-state index in [1.807, 2.05) is 0 Å². The van der Waals surface area contributed by atoms with Crippen LogP contribution in [0.2, 0.25) is 10.0 Å². The van der Waals surface area contributed by atoms with Gasteiger partial charge in [-0.05, 0) is 12.1 Å². The summed E-state index contributed by atoms with van der Waals surface area (Å²) < 4.78 is 36.3. The SMILES string of the molecule is O=C1CC(S(=O)(=O)Cl)CN1c1ccc(Cl)c(Cl)c1F. The van der Waals surface area contributed by atoms with Crippen LogP contribution in [0.15, 0.2) is 12.1 Å². The Balaban J connectivity index is 2.39. The minimum Gasteiger partial charge on any atom is -0.308 e. The molecule has 0 aromatic heterocycles. The number of hydrogen-bond acceptors (Lipinski definition) is 3. The van der Waals surface area contributed by atoms with Crippen molar-refractivity contribution in [2.45, 2.75) is 11.7 Å². The van der Waals surface area contributed by atoms with Crippen molar-refractivity contribution in [1.29, 1.82) is 0 Å². The van der Waals surface area contributed by atoms with Crippen LogP contribution in [0, 0.1) is 5.82 Å².